The van der Waals surface area contributed by atoms with Crippen LogP contribution in [0.4, 0.5) is 5.82 Å². The van der Waals surface area contributed by atoms with E-state index < -0.39 is 0 Å². The van der Waals surface area contributed by atoms with Gasteiger partial charge in [-0.05, 0) is 15.9 Å². The predicted octanol–water partition coefficient (Wildman–Crippen LogP) is 3.26. The molecule has 120 valence electrons. The van der Waals surface area contributed by atoms with Crippen molar-refractivity contribution in [2.75, 3.05) is 5.32 Å². The van der Waals surface area contributed by atoms with Crippen LogP contribution in [-0.2, 0) is 13.6 Å². The molecular formula is C15H12BrN7S. The van der Waals surface area contributed by atoms with Crippen LogP contribution >= 0.6 is 27.3 Å². The van der Waals surface area contributed by atoms with Crippen LogP contribution in [0, 0.1) is 0 Å². The minimum Gasteiger partial charge on any atom is -0.363 e. The van der Waals surface area contributed by atoms with Gasteiger partial charge in [0.05, 0.1) is 11.9 Å². The minimum atomic E-state index is 0.540. The van der Waals surface area contributed by atoms with Crippen LogP contribution in [0.1, 0.15) is 5.01 Å². The highest BCUT2D eigenvalue weighted by molar-refractivity contribution is 9.10. The van der Waals surface area contributed by atoms with Crippen molar-refractivity contribution in [2.45, 2.75) is 6.54 Å². The number of nitrogens with zero attached hydrogens (tertiary/aromatic N) is 6. The first-order chi connectivity index (χ1) is 11.7. The van der Waals surface area contributed by atoms with E-state index in [1.54, 1.807) is 16.0 Å². The van der Waals surface area contributed by atoms with Gasteiger partial charge in [0.2, 0.25) is 0 Å². The fourth-order valence-electron chi connectivity index (χ4n) is 2.36. The molecule has 0 fully saturated rings. The summed E-state index contributed by atoms with van der Waals surface area (Å²) in [5.74, 6) is 0.719. The van der Waals surface area contributed by atoms with Crippen molar-refractivity contribution in [1.82, 2.24) is 29.9 Å². The highest BCUT2D eigenvalue weighted by Crippen LogP contribution is 2.28. The highest BCUT2D eigenvalue weighted by Gasteiger charge is 2.14. The average molecular weight is 402 g/mol. The van der Waals surface area contributed by atoms with Crippen LogP contribution in [0.2, 0.25) is 0 Å². The van der Waals surface area contributed by atoms with Crippen LogP contribution in [0.15, 0.2) is 41.3 Å². The van der Waals surface area contributed by atoms with Gasteiger partial charge in [0.15, 0.2) is 5.65 Å². The summed E-state index contributed by atoms with van der Waals surface area (Å²) in [7, 11) is 1.85. The van der Waals surface area contributed by atoms with E-state index in [4.69, 9.17) is 0 Å². The lowest BCUT2D eigenvalue weighted by molar-refractivity contribution is 0.777. The Hall–Kier alpha value is -2.39. The Bertz CT molecular complexity index is 996. The van der Waals surface area contributed by atoms with E-state index in [2.05, 4.69) is 46.5 Å². The molecule has 0 amide bonds. The number of benzene rings is 1. The SMILES string of the molecule is Cn1nc(Br)c2c(NCc3nnc(-c4ccccc4)s3)ncnc21. The van der Waals surface area contributed by atoms with Crippen molar-refractivity contribution < 1.29 is 0 Å². The second-order valence-electron chi connectivity index (χ2n) is 5.06. The summed E-state index contributed by atoms with van der Waals surface area (Å²) < 4.78 is 2.43. The Morgan fingerprint density at radius 1 is 1.17 bits per heavy atom. The topological polar surface area (TPSA) is 81.4 Å². The third kappa shape index (κ3) is 2.76. The molecule has 9 heteroatoms. The molecule has 3 heterocycles. The van der Waals surface area contributed by atoms with Gasteiger partial charge >= 0.3 is 0 Å². The Morgan fingerprint density at radius 2 is 2.00 bits per heavy atom. The molecule has 0 saturated carbocycles. The number of anilines is 1. The molecule has 0 atom stereocenters. The number of nitrogens with one attached hydrogen (secondary N) is 1. The van der Waals surface area contributed by atoms with Gasteiger partial charge in [-0.25, -0.2) is 14.6 Å². The number of hydrogen-bond acceptors (Lipinski definition) is 7. The minimum absolute atomic E-state index is 0.540. The lowest BCUT2D eigenvalue weighted by atomic mass is 10.2. The van der Waals surface area contributed by atoms with E-state index in [1.807, 2.05) is 37.4 Å². The van der Waals surface area contributed by atoms with Crippen molar-refractivity contribution >= 4 is 44.1 Å². The Labute approximate surface area is 149 Å². The summed E-state index contributed by atoms with van der Waals surface area (Å²) in [5, 5.41) is 18.8. The molecule has 3 aromatic heterocycles. The van der Waals surface area contributed by atoms with Crippen LogP contribution < -0.4 is 5.32 Å². The van der Waals surface area contributed by atoms with Gasteiger partial charge in [-0.2, -0.15) is 5.10 Å². The maximum absolute atomic E-state index is 4.32. The molecule has 0 spiro atoms. The highest BCUT2D eigenvalue weighted by atomic mass is 79.9. The van der Waals surface area contributed by atoms with Crippen molar-refractivity contribution in [3.05, 3.63) is 46.3 Å². The first-order valence-electron chi connectivity index (χ1n) is 7.17. The fourth-order valence-corrected chi connectivity index (χ4v) is 3.74. The lowest BCUT2D eigenvalue weighted by Gasteiger charge is -2.04. The van der Waals surface area contributed by atoms with Gasteiger partial charge in [-0.1, -0.05) is 41.7 Å². The number of aromatic nitrogens is 6. The molecule has 1 N–H and O–H groups in total. The number of halogens is 1. The van der Waals surface area contributed by atoms with Crippen molar-refractivity contribution in [1.29, 1.82) is 0 Å². The summed E-state index contributed by atoms with van der Waals surface area (Å²) in [6, 6.07) is 10.0. The van der Waals surface area contributed by atoms with E-state index in [0.717, 1.165) is 32.4 Å². The van der Waals surface area contributed by atoms with Gasteiger partial charge in [0, 0.05) is 12.6 Å². The third-order valence-corrected chi connectivity index (χ3v) is 5.00. The van der Waals surface area contributed by atoms with E-state index in [1.165, 1.54) is 6.33 Å². The van der Waals surface area contributed by atoms with Crippen molar-refractivity contribution in [3.63, 3.8) is 0 Å². The summed E-state index contributed by atoms with van der Waals surface area (Å²) in [6.45, 7) is 0.540. The summed E-state index contributed by atoms with van der Waals surface area (Å²) >= 11 is 5.01. The maximum Gasteiger partial charge on any atom is 0.164 e. The molecular weight excluding hydrogens is 390 g/mol. The normalized spacial score (nSPS) is 11.1. The second kappa shape index (κ2) is 6.25. The standard InChI is InChI=1S/C15H12BrN7S/c1-23-14-11(12(16)22-23)13(18-8-19-14)17-7-10-20-21-15(24-10)9-5-3-2-4-6-9/h2-6,8H,7H2,1H3,(H,17,18,19). The van der Waals surface area contributed by atoms with E-state index in [9.17, 15) is 0 Å². The third-order valence-electron chi connectivity index (χ3n) is 3.47. The zero-order chi connectivity index (χ0) is 16.5. The first kappa shape index (κ1) is 15.2. The second-order valence-corrected chi connectivity index (χ2v) is 6.87. The van der Waals surface area contributed by atoms with Gasteiger partial charge < -0.3 is 5.32 Å². The molecule has 4 rings (SSSR count). The van der Waals surface area contributed by atoms with Crippen molar-refractivity contribution in [3.8, 4) is 10.6 Å². The largest absolute Gasteiger partial charge is 0.363 e. The Kier molecular flexibility index (Phi) is 3.95. The molecule has 1 aromatic carbocycles. The number of hydrogen-bond donors (Lipinski definition) is 1. The van der Waals surface area contributed by atoms with Gasteiger partial charge in [-0.3, -0.25) is 0 Å². The zero-order valence-corrected chi connectivity index (χ0v) is 15.0. The fraction of sp³-hybridized carbons (Fsp3) is 0.133. The summed E-state index contributed by atoms with van der Waals surface area (Å²) in [4.78, 5) is 8.57. The maximum atomic E-state index is 4.32. The van der Waals surface area contributed by atoms with Crippen LogP contribution in [0.25, 0.3) is 21.6 Å². The molecule has 24 heavy (non-hydrogen) atoms. The Balaban J connectivity index is 1.57. The molecule has 4 aromatic rings. The molecule has 0 saturated heterocycles. The molecule has 0 aliphatic rings. The Morgan fingerprint density at radius 3 is 2.83 bits per heavy atom. The van der Waals surface area contributed by atoms with E-state index in [-0.39, 0.29) is 0 Å². The van der Waals surface area contributed by atoms with Crippen LogP contribution in [0.5, 0.6) is 0 Å². The predicted molar refractivity (Wildman–Crippen MR) is 96.7 cm³/mol. The molecule has 0 bridgehead atoms. The summed E-state index contributed by atoms with van der Waals surface area (Å²) in [5.41, 5.74) is 1.84. The van der Waals surface area contributed by atoms with Gasteiger partial charge in [0.25, 0.3) is 0 Å². The van der Waals surface area contributed by atoms with E-state index in [0.29, 0.717) is 11.1 Å². The van der Waals surface area contributed by atoms with Gasteiger partial charge in [0.1, 0.15) is 26.8 Å². The number of aryl methyl sites for hydroxylation is 1. The molecule has 0 aliphatic carbocycles. The lowest BCUT2D eigenvalue weighted by Crippen LogP contribution is -2.02. The first-order valence-corrected chi connectivity index (χ1v) is 8.78. The van der Waals surface area contributed by atoms with Crippen LogP contribution in [0.3, 0.4) is 0 Å². The number of fused-ring (bicyclic) bond motifs is 1. The molecule has 0 radical (unpaired) electrons. The quantitative estimate of drug-likeness (QED) is 0.565. The molecule has 0 unspecified atom stereocenters. The monoisotopic (exact) mass is 401 g/mol. The van der Waals surface area contributed by atoms with E-state index >= 15 is 0 Å². The molecule has 7 nitrogen and oxygen atoms in total. The zero-order valence-electron chi connectivity index (χ0n) is 12.6. The van der Waals surface area contributed by atoms with Gasteiger partial charge in [-0.15, -0.1) is 10.2 Å². The molecule has 0 aliphatic heterocycles. The van der Waals surface area contributed by atoms with Crippen molar-refractivity contribution in [2.24, 2.45) is 7.05 Å². The summed E-state index contributed by atoms with van der Waals surface area (Å²) in [6.07, 6.45) is 1.52. The van der Waals surface area contributed by atoms with Crippen LogP contribution in [-0.4, -0.2) is 29.9 Å². The number of rotatable bonds is 4. The average Bonchev–Trinajstić information content (AvgIpc) is 3.19. The smallest absolute Gasteiger partial charge is 0.164 e.